The van der Waals surface area contributed by atoms with E-state index in [1.807, 2.05) is 0 Å². The Morgan fingerprint density at radius 3 is 2.53 bits per heavy atom. The summed E-state index contributed by atoms with van der Waals surface area (Å²) in [6.45, 7) is 1.65. The fourth-order valence-corrected chi connectivity index (χ4v) is 2.59. The lowest BCUT2D eigenvalue weighted by Crippen LogP contribution is -2.46. The number of hydrogen-bond acceptors (Lipinski definition) is 3. The van der Waals surface area contributed by atoms with Crippen molar-refractivity contribution >= 4 is 0 Å². The standard InChI is InChI=1S/C15H22FNO2/c16-13-4-6-14(7-5-13)19-11-3-10-17-15(12-18)8-1-2-9-15/h4-7,17-18H,1-3,8-12H2. The summed E-state index contributed by atoms with van der Waals surface area (Å²) in [4.78, 5) is 0. The van der Waals surface area contributed by atoms with Crippen LogP contribution in [0.3, 0.4) is 0 Å². The molecule has 1 aliphatic rings. The lowest BCUT2D eigenvalue weighted by molar-refractivity contribution is 0.161. The smallest absolute Gasteiger partial charge is 0.123 e. The zero-order valence-electron chi connectivity index (χ0n) is 11.2. The van der Waals surface area contributed by atoms with Gasteiger partial charge in [0.2, 0.25) is 0 Å². The molecule has 1 saturated carbocycles. The summed E-state index contributed by atoms with van der Waals surface area (Å²) in [6.07, 6.45) is 5.38. The van der Waals surface area contributed by atoms with Gasteiger partial charge in [-0.3, -0.25) is 0 Å². The van der Waals surface area contributed by atoms with E-state index in [9.17, 15) is 9.50 Å². The third kappa shape index (κ3) is 4.18. The molecule has 4 heteroatoms. The van der Waals surface area contributed by atoms with Crippen molar-refractivity contribution in [1.29, 1.82) is 0 Å². The van der Waals surface area contributed by atoms with Gasteiger partial charge in [-0.25, -0.2) is 4.39 Å². The second-order valence-electron chi connectivity index (χ2n) is 5.23. The Hall–Kier alpha value is -1.13. The van der Waals surface area contributed by atoms with Crippen LogP contribution in [0.1, 0.15) is 32.1 Å². The van der Waals surface area contributed by atoms with E-state index in [2.05, 4.69) is 5.32 Å². The quantitative estimate of drug-likeness (QED) is 0.746. The van der Waals surface area contributed by atoms with Crippen LogP contribution in [-0.4, -0.2) is 30.4 Å². The molecule has 106 valence electrons. The Kier molecular flexibility index (Phi) is 5.16. The minimum atomic E-state index is -0.250. The molecule has 0 aliphatic heterocycles. The fraction of sp³-hybridized carbons (Fsp3) is 0.600. The SMILES string of the molecule is OCC1(NCCCOc2ccc(F)cc2)CCCC1. The predicted octanol–water partition coefficient (Wildman–Crippen LogP) is 2.49. The highest BCUT2D eigenvalue weighted by Gasteiger charge is 2.31. The number of nitrogens with one attached hydrogen (secondary N) is 1. The number of hydrogen-bond donors (Lipinski definition) is 2. The van der Waals surface area contributed by atoms with Crippen LogP contribution in [0.25, 0.3) is 0 Å². The monoisotopic (exact) mass is 267 g/mol. The Balaban J connectivity index is 1.63. The lowest BCUT2D eigenvalue weighted by atomic mass is 9.99. The van der Waals surface area contributed by atoms with Gasteiger partial charge in [-0.05, 0) is 50.1 Å². The average Bonchev–Trinajstić information content (AvgIpc) is 2.90. The molecule has 0 heterocycles. The highest BCUT2D eigenvalue weighted by molar-refractivity contribution is 5.21. The van der Waals surface area contributed by atoms with Crippen molar-refractivity contribution in [3.05, 3.63) is 30.1 Å². The van der Waals surface area contributed by atoms with Crippen LogP contribution in [0.4, 0.5) is 4.39 Å². The van der Waals surface area contributed by atoms with Gasteiger partial charge in [-0.2, -0.15) is 0 Å². The van der Waals surface area contributed by atoms with Crippen molar-refractivity contribution in [1.82, 2.24) is 5.32 Å². The summed E-state index contributed by atoms with van der Waals surface area (Å²) in [6, 6.07) is 6.06. The molecule has 0 radical (unpaired) electrons. The van der Waals surface area contributed by atoms with Crippen LogP contribution in [0.2, 0.25) is 0 Å². The molecule has 3 nitrogen and oxygen atoms in total. The molecule has 0 bridgehead atoms. The molecule has 1 aromatic rings. The minimum absolute atomic E-state index is 0.0596. The van der Waals surface area contributed by atoms with Crippen molar-refractivity contribution < 1.29 is 14.2 Å². The van der Waals surface area contributed by atoms with E-state index in [-0.39, 0.29) is 18.0 Å². The molecule has 0 spiro atoms. The van der Waals surface area contributed by atoms with Gasteiger partial charge in [0, 0.05) is 5.54 Å². The van der Waals surface area contributed by atoms with E-state index in [0.717, 1.165) is 25.8 Å². The molecule has 2 N–H and O–H groups in total. The molecule has 0 aromatic heterocycles. The zero-order chi connectivity index (χ0) is 13.6. The maximum Gasteiger partial charge on any atom is 0.123 e. The highest BCUT2D eigenvalue weighted by atomic mass is 19.1. The van der Waals surface area contributed by atoms with E-state index in [0.29, 0.717) is 12.4 Å². The first-order chi connectivity index (χ1) is 9.24. The number of aliphatic hydroxyl groups is 1. The number of rotatable bonds is 7. The topological polar surface area (TPSA) is 41.5 Å². The van der Waals surface area contributed by atoms with E-state index in [4.69, 9.17) is 4.74 Å². The van der Waals surface area contributed by atoms with Gasteiger partial charge >= 0.3 is 0 Å². The maximum atomic E-state index is 12.7. The summed E-state index contributed by atoms with van der Waals surface area (Å²) in [7, 11) is 0. The molecule has 0 saturated heterocycles. The molecule has 2 rings (SSSR count). The molecule has 1 aromatic carbocycles. The van der Waals surface area contributed by atoms with Crippen molar-refractivity contribution in [2.75, 3.05) is 19.8 Å². The summed E-state index contributed by atoms with van der Waals surface area (Å²) in [5.41, 5.74) is -0.0596. The Morgan fingerprint density at radius 2 is 1.89 bits per heavy atom. The van der Waals surface area contributed by atoms with Gasteiger partial charge in [0.05, 0.1) is 13.2 Å². The fourth-order valence-electron chi connectivity index (χ4n) is 2.59. The van der Waals surface area contributed by atoms with Crippen LogP contribution in [-0.2, 0) is 0 Å². The Bertz CT molecular complexity index is 374. The van der Waals surface area contributed by atoms with E-state index in [1.165, 1.54) is 25.0 Å². The highest BCUT2D eigenvalue weighted by Crippen LogP contribution is 2.28. The van der Waals surface area contributed by atoms with Gasteiger partial charge in [0.1, 0.15) is 11.6 Å². The van der Waals surface area contributed by atoms with Crippen molar-refractivity contribution in [2.24, 2.45) is 0 Å². The zero-order valence-corrected chi connectivity index (χ0v) is 11.2. The third-order valence-electron chi connectivity index (χ3n) is 3.77. The largest absolute Gasteiger partial charge is 0.494 e. The Labute approximate surface area is 113 Å². The summed E-state index contributed by atoms with van der Waals surface area (Å²) < 4.78 is 18.2. The van der Waals surface area contributed by atoms with Crippen molar-refractivity contribution in [3.8, 4) is 5.75 Å². The lowest BCUT2D eigenvalue weighted by Gasteiger charge is -2.28. The van der Waals surface area contributed by atoms with Crippen LogP contribution in [0.15, 0.2) is 24.3 Å². The predicted molar refractivity (Wildman–Crippen MR) is 72.8 cm³/mol. The maximum absolute atomic E-state index is 12.7. The summed E-state index contributed by atoms with van der Waals surface area (Å²) >= 11 is 0. The molecule has 0 amide bonds. The first-order valence-electron chi connectivity index (χ1n) is 6.98. The number of aliphatic hydroxyl groups excluding tert-OH is 1. The van der Waals surface area contributed by atoms with Gasteiger partial charge in [-0.15, -0.1) is 0 Å². The van der Waals surface area contributed by atoms with E-state index in [1.54, 1.807) is 12.1 Å². The van der Waals surface area contributed by atoms with Crippen LogP contribution in [0, 0.1) is 5.82 Å². The van der Waals surface area contributed by atoms with Gasteiger partial charge in [-0.1, -0.05) is 12.8 Å². The summed E-state index contributed by atoms with van der Waals surface area (Å²) in [5, 5.41) is 12.9. The van der Waals surface area contributed by atoms with Crippen molar-refractivity contribution in [2.45, 2.75) is 37.6 Å². The first-order valence-corrected chi connectivity index (χ1v) is 6.98. The number of ether oxygens (including phenoxy) is 1. The molecular formula is C15H22FNO2. The molecule has 0 atom stereocenters. The van der Waals surface area contributed by atoms with Gasteiger partial charge < -0.3 is 15.2 Å². The molecule has 1 aliphatic carbocycles. The molecule has 1 fully saturated rings. The normalized spacial score (nSPS) is 17.6. The van der Waals surface area contributed by atoms with Gasteiger partial charge in [0.25, 0.3) is 0 Å². The molecule has 0 unspecified atom stereocenters. The molecule has 19 heavy (non-hydrogen) atoms. The minimum Gasteiger partial charge on any atom is -0.494 e. The van der Waals surface area contributed by atoms with Gasteiger partial charge in [0.15, 0.2) is 0 Å². The second kappa shape index (κ2) is 6.87. The Morgan fingerprint density at radius 1 is 1.21 bits per heavy atom. The van der Waals surface area contributed by atoms with E-state index >= 15 is 0 Å². The number of benzene rings is 1. The van der Waals surface area contributed by atoms with Crippen LogP contribution in [0.5, 0.6) is 5.75 Å². The van der Waals surface area contributed by atoms with E-state index < -0.39 is 0 Å². The van der Waals surface area contributed by atoms with Crippen molar-refractivity contribution in [3.63, 3.8) is 0 Å². The third-order valence-corrected chi connectivity index (χ3v) is 3.77. The first kappa shape index (κ1) is 14.3. The molecular weight excluding hydrogens is 245 g/mol. The second-order valence-corrected chi connectivity index (χ2v) is 5.23. The van der Waals surface area contributed by atoms with Crippen LogP contribution < -0.4 is 10.1 Å². The average molecular weight is 267 g/mol. The summed E-state index contributed by atoms with van der Waals surface area (Å²) in [5.74, 6) is 0.444. The van der Waals surface area contributed by atoms with Crippen LogP contribution >= 0.6 is 0 Å². The number of halogens is 1.